The van der Waals surface area contributed by atoms with Crippen molar-refractivity contribution in [3.63, 3.8) is 0 Å². The van der Waals surface area contributed by atoms with Crippen molar-refractivity contribution in [3.8, 4) is 5.75 Å². The number of nitrogens with one attached hydrogen (secondary N) is 1. The molecule has 1 aliphatic carbocycles. The summed E-state index contributed by atoms with van der Waals surface area (Å²) >= 11 is 0. The van der Waals surface area contributed by atoms with Gasteiger partial charge in [0.2, 0.25) is 11.8 Å². The van der Waals surface area contributed by atoms with Crippen molar-refractivity contribution < 1.29 is 14.3 Å². The van der Waals surface area contributed by atoms with Crippen LogP contribution >= 0.6 is 0 Å². The first kappa shape index (κ1) is 22.6. The predicted molar refractivity (Wildman–Crippen MR) is 118 cm³/mol. The number of amides is 2. The van der Waals surface area contributed by atoms with Gasteiger partial charge >= 0.3 is 0 Å². The molecule has 6 nitrogen and oxygen atoms in total. The standard InChI is InChI=1S/C24H37N3O3/c1-18(2)22(25-23(28)20-7-5-4-6-8-20)24(29)27-15-13-26(14-16-27)17-19-9-11-21(30-3)12-10-19/h9-12,18,20,22H,4-8,13-17H2,1-3H3,(H,25,28)/t22-/m1/s1. The number of hydrogen-bond acceptors (Lipinski definition) is 4. The molecule has 0 aromatic heterocycles. The summed E-state index contributed by atoms with van der Waals surface area (Å²) in [5.74, 6) is 1.17. The fraction of sp³-hybridized carbons (Fsp3) is 0.667. The van der Waals surface area contributed by atoms with Crippen molar-refractivity contribution in [2.24, 2.45) is 11.8 Å². The monoisotopic (exact) mass is 415 g/mol. The summed E-state index contributed by atoms with van der Waals surface area (Å²) in [6.45, 7) is 8.01. The molecule has 2 amide bonds. The van der Waals surface area contributed by atoms with Crippen molar-refractivity contribution in [3.05, 3.63) is 29.8 Å². The third-order valence-electron chi connectivity index (χ3n) is 6.46. The molecule has 1 aromatic carbocycles. The minimum absolute atomic E-state index is 0.0678. The number of methoxy groups -OCH3 is 1. The molecule has 1 aliphatic heterocycles. The van der Waals surface area contributed by atoms with Gasteiger partial charge in [-0.05, 0) is 36.5 Å². The number of carbonyl (C=O) groups excluding carboxylic acids is 2. The molecule has 0 bridgehead atoms. The number of ether oxygens (including phenoxy) is 1. The molecule has 1 N–H and O–H groups in total. The van der Waals surface area contributed by atoms with Crippen molar-refractivity contribution in [1.82, 2.24) is 15.1 Å². The number of piperazine rings is 1. The highest BCUT2D eigenvalue weighted by atomic mass is 16.5. The van der Waals surface area contributed by atoms with Gasteiger partial charge in [-0.15, -0.1) is 0 Å². The number of hydrogen-bond donors (Lipinski definition) is 1. The van der Waals surface area contributed by atoms with E-state index in [4.69, 9.17) is 4.74 Å². The highest BCUT2D eigenvalue weighted by molar-refractivity contribution is 5.88. The van der Waals surface area contributed by atoms with Crippen molar-refractivity contribution in [2.45, 2.75) is 58.5 Å². The van der Waals surface area contributed by atoms with Gasteiger partial charge in [-0.1, -0.05) is 45.2 Å². The Labute approximate surface area is 180 Å². The third-order valence-corrected chi connectivity index (χ3v) is 6.46. The van der Waals surface area contributed by atoms with E-state index in [0.717, 1.165) is 51.1 Å². The lowest BCUT2D eigenvalue weighted by Gasteiger charge is -2.37. The van der Waals surface area contributed by atoms with Gasteiger partial charge in [-0.3, -0.25) is 14.5 Å². The van der Waals surface area contributed by atoms with Gasteiger partial charge in [0.05, 0.1) is 7.11 Å². The SMILES string of the molecule is COc1ccc(CN2CCN(C(=O)[C@H](NC(=O)C3CCCCC3)C(C)C)CC2)cc1. The van der Waals surface area contributed by atoms with Crippen LogP contribution in [-0.2, 0) is 16.1 Å². The number of nitrogens with zero attached hydrogens (tertiary/aromatic N) is 2. The summed E-state index contributed by atoms with van der Waals surface area (Å²) < 4.78 is 5.22. The highest BCUT2D eigenvalue weighted by Crippen LogP contribution is 2.24. The molecule has 1 aromatic rings. The summed E-state index contributed by atoms with van der Waals surface area (Å²) in [6, 6.07) is 7.72. The van der Waals surface area contributed by atoms with E-state index in [2.05, 4.69) is 22.3 Å². The summed E-state index contributed by atoms with van der Waals surface area (Å²) in [5, 5.41) is 3.09. The summed E-state index contributed by atoms with van der Waals surface area (Å²) in [7, 11) is 1.67. The number of carbonyl (C=O) groups is 2. The van der Waals surface area contributed by atoms with Crippen LogP contribution in [0.25, 0.3) is 0 Å². The zero-order valence-corrected chi connectivity index (χ0v) is 18.7. The first-order chi connectivity index (χ1) is 14.5. The topological polar surface area (TPSA) is 61.9 Å². The molecule has 1 saturated carbocycles. The first-order valence-electron chi connectivity index (χ1n) is 11.4. The lowest BCUT2D eigenvalue weighted by Crippen LogP contribution is -2.57. The Morgan fingerprint density at radius 3 is 2.23 bits per heavy atom. The van der Waals surface area contributed by atoms with Crippen LogP contribution in [0.3, 0.4) is 0 Å². The van der Waals surface area contributed by atoms with Crippen LogP contribution in [0.1, 0.15) is 51.5 Å². The zero-order chi connectivity index (χ0) is 21.5. The maximum absolute atomic E-state index is 13.2. The van der Waals surface area contributed by atoms with Crippen LogP contribution in [0.15, 0.2) is 24.3 Å². The molecule has 30 heavy (non-hydrogen) atoms. The maximum atomic E-state index is 13.2. The predicted octanol–water partition coefficient (Wildman–Crippen LogP) is 3.06. The highest BCUT2D eigenvalue weighted by Gasteiger charge is 2.32. The van der Waals surface area contributed by atoms with Gasteiger partial charge in [0.15, 0.2) is 0 Å². The van der Waals surface area contributed by atoms with Gasteiger partial charge in [0, 0.05) is 38.6 Å². The minimum atomic E-state index is -0.424. The summed E-state index contributed by atoms with van der Waals surface area (Å²) in [6.07, 6.45) is 5.37. The van der Waals surface area contributed by atoms with E-state index in [0.29, 0.717) is 13.1 Å². The first-order valence-corrected chi connectivity index (χ1v) is 11.4. The molecule has 0 spiro atoms. The zero-order valence-electron chi connectivity index (χ0n) is 18.7. The van der Waals surface area contributed by atoms with Crippen molar-refractivity contribution in [2.75, 3.05) is 33.3 Å². The average molecular weight is 416 g/mol. The lowest BCUT2D eigenvalue weighted by molar-refractivity contribution is -0.140. The smallest absolute Gasteiger partial charge is 0.245 e. The molecule has 1 saturated heterocycles. The molecule has 2 aliphatic rings. The summed E-state index contributed by atoms with van der Waals surface area (Å²) in [5.41, 5.74) is 1.25. The Bertz CT molecular complexity index is 690. The third kappa shape index (κ3) is 5.97. The largest absolute Gasteiger partial charge is 0.497 e. The molecule has 3 rings (SSSR count). The van der Waals surface area contributed by atoms with E-state index >= 15 is 0 Å². The molecule has 1 heterocycles. The van der Waals surface area contributed by atoms with Crippen molar-refractivity contribution >= 4 is 11.8 Å². The molecule has 166 valence electrons. The molecule has 0 radical (unpaired) electrons. The molecular formula is C24H37N3O3. The summed E-state index contributed by atoms with van der Waals surface area (Å²) in [4.78, 5) is 30.2. The van der Waals surface area contributed by atoms with E-state index < -0.39 is 6.04 Å². The van der Waals surface area contributed by atoms with Crippen molar-refractivity contribution in [1.29, 1.82) is 0 Å². The molecular weight excluding hydrogens is 378 g/mol. The van der Waals surface area contributed by atoms with Gasteiger partial charge < -0.3 is 15.0 Å². The van der Waals surface area contributed by atoms with E-state index in [1.54, 1.807) is 7.11 Å². The average Bonchev–Trinajstić information content (AvgIpc) is 2.78. The van der Waals surface area contributed by atoms with Gasteiger partial charge in [0.1, 0.15) is 11.8 Å². The van der Waals surface area contributed by atoms with Crippen LogP contribution in [-0.4, -0.2) is 60.9 Å². The quantitative estimate of drug-likeness (QED) is 0.744. The van der Waals surface area contributed by atoms with E-state index in [-0.39, 0.29) is 23.7 Å². The van der Waals surface area contributed by atoms with E-state index in [9.17, 15) is 9.59 Å². The minimum Gasteiger partial charge on any atom is -0.497 e. The normalized spacial score (nSPS) is 19.5. The van der Waals surface area contributed by atoms with Gasteiger partial charge in [0.25, 0.3) is 0 Å². The van der Waals surface area contributed by atoms with Gasteiger partial charge in [-0.2, -0.15) is 0 Å². The molecule has 1 atom stereocenters. The van der Waals surface area contributed by atoms with Crippen LogP contribution in [0.5, 0.6) is 5.75 Å². The maximum Gasteiger partial charge on any atom is 0.245 e. The van der Waals surface area contributed by atoms with Crippen LogP contribution in [0, 0.1) is 11.8 Å². The Morgan fingerprint density at radius 2 is 1.67 bits per heavy atom. The second kappa shape index (κ2) is 10.8. The molecule has 6 heteroatoms. The fourth-order valence-electron chi connectivity index (χ4n) is 4.46. The Morgan fingerprint density at radius 1 is 1.03 bits per heavy atom. The van der Waals surface area contributed by atoms with Crippen LogP contribution in [0.2, 0.25) is 0 Å². The molecule has 2 fully saturated rings. The fourth-order valence-corrected chi connectivity index (χ4v) is 4.46. The lowest BCUT2D eigenvalue weighted by atomic mass is 9.88. The second-order valence-corrected chi connectivity index (χ2v) is 9.01. The Balaban J connectivity index is 1.50. The molecule has 0 unspecified atom stereocenters. The number of benzene rings is 1. The second-order valence-electron chi connectivity index (χ2n) is 9.01. The Kier molecular flexibility index (Phi) is 8.14. The Hall–Kier alpha value is -2.08. The van der Waals surface area contributed by atoms with E-state index in [1.807, 2.05) is 30.9 Å². The van der Waals surface area contributed by atoms with Crippen LogP contribution < -0.4 is 10.1 Å². The van der Waals surface area contributed by atoms with Crippen LogP contribution in [0.4, 0.5) is 0 Å². The van der Waals surface area contributed by atoms with Gasteiger partial charge in [-0.25, -0.2) is 0 Å². The van der Waals surface area contributed by atoms with E-state index in [1.165, 1.54) is 12.0 Å². The number of rotatable bonds is 7.